The fourth-order valence-corrected chi connectivity index (χ4v) is 1.54. The van der Waals surface area contributed by atoms with Gasteiger partial charge in [0, 0.05) is 4.47 Å². The molecule has 0 bridgehead atoms. The van der Waals surface area contributed by atoms with E-state index in [2.05, 4.69) is 21.2 Å². The van der Waals surface area contributed by atoms with Crippen LogP contribution < -0.4 is 5.32 Å². The first kappa shape index (κ1) is 15.0. The largest absolute Gasteiger partial charge is 0.444 e. The molecule has 1 aromatic rings. The molecule has 0 spiro atoms. The van der Waals surface area contributed by atoms with Crippen molar-refractivity contribution in [3.63, 3.8) is 0 Å². The molecule has 1 aromatic carbocycles. The average molecular weight is 318 g/mol. The quantitative estimate of drug-likeness (QED) is 0.915. The molecule has 0 heterocycles. The van der Waals surface area contributed by atoms with E-state index in [1.54, 1.807) is 45.0 Å². The number of alkyl carbamates (subject to hydrolysis) is 1. The van der Waals surface area contributed by atoms with Crippen molar-refractivity contribution in [3.05, 3.63) is 34.3 Å². The fourth-order valence-electron chi connectivity index (χ4n) is 1.28. The van der Waals surface area contributed by atoms with Gasteiger partial charge in [-0.15, -0.1) is 0 Å². The minimum atomic E-state index is -1.24. The topological polar surface area (TPSA) is 38.3 Å². The van der Waals surface area contributed by atoms with Gasteiger partial charge < -0.3 is 10.1 Å². The number of nitrogens with one attached hydrogen (secondary N) is 1. The SMILES string of the molecule is CC(C)(C)OC(=O)NCC(F)c1ccc(Br)cc1. The van der Waals surface area contributed by atoms with Crippen LogP contribution in [-0.4, -0.2) is 18.2 Å². The van der Waals surface area contributed by atoms with E-state index < -0.39 is 17.9 Å². The maximum Gasteiger partial charge on any atom is 0.407 e. The second kappa shape index (κ2) is 6.18. The number of carbonyl (C=O) groups excluding carboxylic acids is 1. The molecule has 1 amide bonds. The highest BCUT2D eigenvalue weighted by atomic mass is 79.9. The first-order valence-corrected chi connectivity index (χ1v) is 6.43. The van der Waals surface area contributed by atoms with E-state index in [0.29, 0.717) is 5.56 Å². The summed E-state index contributed by atoms with van der Waals surface area (Å²) < 4.78 is 19.7. The van der Waals surface area contributed by atoms with Crippen LogP contribution in [0.15, 0.2) is 28.7 Å². The van der Waals surface area contributed by atoms with Crippen molar-refractivity contribution in [3.8, 4) is 0 Å². The van der Waals surface area contributed by atoms with Crippen LogP contribution in [0.1, 0.15) is 32.5 Å². The van der Waals surface area contributed by atoms with Crippen molar-refractivity contribution in [2.75, 3.05) is 6.54 Å². The van der Waals surface area contributed by atoms with Gasteiger partial charge in [0.25, 0.3) is 0 Å². The van der Waals surface area contributed by atoms with Gasteiger partial charge in [0.15, 0.2) is 0 Å². The van der Waals surface area contributed by atoms with Crippen LogP contribution in [0, 0.1) is 0 Å². The number of amides is 1. The van der Waals surface area contributed by atoms with Crippen LogP contribution in [-0.2, 0) is 4.74 Å². The molecule has 100 valence electrons. The van der Waals surface area contributed by atoms with Gasteiger partial charge >= 0.3 is 6.09 Å². The highest BCUT2D eigenvalue weighted by Gasteiger charge is 2.17. The van der Waals surface area contributed by atoms with Crippen LogP contribution in [0.25, 0.3) is 0 Å². The molecule has 1 atom stereocenters. The standard InChI is InChI=1S/C13H17BrFNO2/c1-13(2,3)18-12(17)16-8-11(15)9-4-6-10(14)7-5-9/h4-7,11H,8H2,1-3H3,(H,16,17). The lowest BCUT2D eigenvalue weighted by molar-refractivity contribution is 0.0513. The third-order valence-electron chi connectivity index (χ3n) is 2.06. The van der Waals surface area contributed by atoms with Crippen LogP contribution in [0.3, 0.4) is 0 Å². The minimum absolute atomic E-state index is 0.101. The summed E-state index contributed by atoms with van der Waals surface area (Å²) >= 11 is 3.28. The lowest BCUT2D eigenvalue weighted by atomic mass is 10.1. The van der Waals surface area contributed by atoms with Gasteiger partial charge in [-0.25, -0.2) is 9.18 Å². The number of ether oxygens (including phenoxy) is 1. The lowest BCUT2D eigenvalue weighted by Gasteiger charge is -2.20. The normalized spacial score (nSPS) is 12.9. The van der Waals surface area contributed by atoms with Crippen LogP contribution >= 0.6 is 15.9 Å². The van der Waals surface area contributed by atoms with Gasteiger partial charge in [-0.05, 0) is 38.5 Å². The average Bonchev–Trinajstić information content (AvgIpc) is 2.24. The Bertz CT molecular complexity index is 400. The van der Waals surface area contributed by atoms with Gasteiger partial charge in [-0.1, -0.05) is 28.1 Å². The van der Waals surface area contributed by atoms with E-state index >= 15 is 0 Å². The molecule has 5 heteroatoms. The van der Waals surface area contributed by atoms with Crippen LogP contribution in [0.5, 0.6) is 0 Å². The smallest absolute Gasteiger partial charge is 0.407 e. The number of hydrogen-bond acceptors (Lipinski definition) is 2. The molecular weight excluding hydrogens is 301 g/mol. The Morgan fingerprint density at radius 2 is 1.94 bits per heavy atom. The Hall–Kier alpha value is -1.10. The Labute approximate surface area is 115 Å². The van der Waals surface area contributed by atoms with E-state index in [0.717, 1.165) is 4.47 Å². The van der Waals surface area contributed by atoms with E-state index in [9.17, 15) is 9.18 Å². The van der Waals surface area contributed by atoms with Crippen molar-refractivity contribution < 1.29 is 13.9 Å². The molecular formula is C13H17BrFNO2. The molecule has 0 saturated carbocycles. The molecule has 0 fully saturated rings. The second-order valence-corrected chi connectivity index (χ2v) is 5.82. The summed E-state index contributed by atoms with van der Waals surface area (Å²) in [6.45, 7) is 5.17. The van der Waals surface area contributed by atoms with Gasteiger partial charge in [-0.3, -0.25) is 0 Å². The van der Waals surface area contributed by atoms with Gasteiger partial charge in [0.2, 0.25) is 0 Å². The predicted octanol–water partition coefficient (Wildman–Crippen LogP) is 3.98. The third-order valence-corrected chi connectivity index (χ3v) is 2.58. The molecule has 1 N–H and O–H groups in total. The van der Waals surface area contributed by atoms with Gasteiger partial charge in [0.1, 0.15) is 11.8 Å². The highest BCUT2D eigenvalue weighted by molar-refractivity contribution is 9.10. The molecule has 0 aliphatic carbocycles. The zero-order valence-electron chi connectivity index (χ0n) is 10.7. The molecule has 0 radical (unpaired) electrons. The van der Waals surface area contributed by atoms with Crippen molar-refractivity contribution in [2.45, 2.75) is 32.5 Å². The molecule has 18 heavy (non-hydrogen) atoms. The first-order chi connectivity index (χ1) is 8.28. The molecule has 0 saturated heterocycles. The Morgan fingerprint density at radius 1 is 1.39 bits per heavy atom. The molecule has 0 aliphatic rings. The van der Waals surface area contributed by atoms with Crippen LogP contribution in [0.4, 0.5) is 9.18 Å². The predicted molar refractivity (Wildman–Crippen MR) is 72.2 cm³/mol. The Balaban J connectivity index is 2.44. The highest BCUT2D eigenvalue weighted by Crippen LogP contribution is 2.19. The zero-order chi connectivity index (χ0) is 13.8. The summed E-state index contributed by atoms with van der Waals surface area (Å²) in [5.74, 6) is 0. The number of halogens is 2. The number of carbonyl (C=O) groups is 1. The Morgan fingerprint density at radius 3 is 2.44 bits per heavy atom. The summed E-state index contributed by atoms with van der Waals surface area (Å²) in [6.07, 6.45) is -1.85. The molecule has 3 nitrogen and oxygen atoms in total. The lowest BCUT2D eigenvalue weighted by Crippen LogP contribution is -2.34. The van der Waals surface area contributed by atoms with Crippen molar-refractivity contribution in [1.82, 2.24) is 5.32 Å². The summed E-state index contributed by atoms with van der Waals surface area (Å²) in [4.78, 5) is 11.3. The maximum absolute atomic E-state index is 13.8. The summed E-state index contributed by atoms with van der Waals surface area (Å²) in [5, 5.41) is 2.40. The van der Waals surface area contributed by atoms with E-state index in [1.165, 1.54) is 0 Å². The summed E-state index contributed by atoms with van der Waals surface area (Å²) in [5.41, 5.74) is -0.0534. The summed E-state index contributed by atoms with van der Waals surface area (Å²) in [6, 6.07) is 6.86. The van der Waals surface area contributed by atoms with E-state index in [-0.39, 0.29) is 6.54 Å². The Kier molecular flexibility index (Phi) is 5.14. The van der Waals surface area contributed by atoms with Gasteiger partial charge in [-0.2, -0.15) is 0 Å². The molecule has 1 rings (SSSR count). The number of rotatable bonds is 3. The van der Waals surface area contributed by atoms with Crippen molar-refractivity contribution in [1.29, 1.82) is 0 Å². The third kappa shape index (κ3) is 5.49. The number of alkyl halides is 1. The van der Waals surface area contributed by atoms with Crippen LogP contribution in [0.2, 0.25) is 0 Å². The maximum atomic E-state index is 13.8. The van der Waals surface area contributed by atoms with Gasteiger partial charge in [0.05, 0.1) is 6.54 Å². The summed E-state index contributed by atoms with van der Waals surface area (Å²) in [7, 11) is 0. The first-order valence-electron chi connectivity index (χ1n) is 5.64. The zero-order valence-corrected chi connectivity index (χ0v) is 12.3. The fraction of sp³-hybridized carbons (Fsp3) is 0.462. The molecule has 0 aromatic heterocycles. The monoisotopic (exact) mass is 317 g/mol. The van der Waals surface area contributed by atoms with Crippen molar-refractivity contribution in [2.24, 2.45) is 0 Å². The second-order valence-electron chi connectivity index (χ2n) is 4.90. The number of benzene rings is 1. The van der Waals surface area contributed by atoms with Crippen molar-refractivity contribution >= 4 is 22.0 Å². The number of hydrogen-bond donors (Lipinski definition) is 1. The minimum Gasteiger partial charge on any atom is -0.444 e. The van der Waals surface area contributed by atoms with E-state index in [1.807, 2.05) is 0 Å². The van der Waals surface area contributed by atoms with E-state index in [4.69, 9.17) is 4.74 Å². The molecule has 0 aliphatic heterocycles. The molecule has 1 unspecified atom stereocenters.